The van der Waals surface area contributed by atoms with Gasteiger partial charge in [0.05, 0.1) is 19.6 Å². The van der Waals surface area contributed by atoms with Crippen LogP contribution in [0.5, 0.6) is 0 Å². The number of rotatable bonds is 12. The molecule has 0 aromatic heterocycles. The lowest BCUT2D eigenvalue weighted by molar-refractivity contribution is -0.143. The van der Waals surface area contributed by atoms with Crippen LogP contribution in [0, 0.1) is 0 Å². The first-order chi connectivity index (χ1) is 10.5. The highest BCUT2D eigenvalue weighted by Gasteiger charge is 2.15. The Morgan fingerprint density at radius 3 is 2.50 bits per heavy atom. The van der Waals surface area contributed by atoms with Gasteiger partial charge in [-0.3, -0.25) is 14.4 Å². The van der Waals surface area contributed by atoms with Crippen molar-refractivity contribution in [2.45, 2.75) is 20.3 Å². The standard InChI is InChI=1S/C12H21N2O5PS2/c1-3-18-9-20(21)22-8-11(16)14-7-10(15)13-6-5-12(17)19-4-2/h3-9H2,1-2H3,(H-,13,14,15,16)/p+1. The molecule has 7 nitrogen and oxygen atoms in total. The van der Waals surface area contributed by atoms with Gasteiger partial charge in [-0.1, -0.05) is 0 Å². The molecule has 2 amide bonds. The molecule has 0 saturated carbocycles. The summed E-state index contributed by atoms with van der Waals surface area (Å²) in [7, 11) is 0. The van der Waals surface area contributed by atoms with Crippen molar-refractivity contribution in [2.24, 2.45) is 0 Å². The van der Waals surface area contributed by atoms with Crippen molar-refractivity contribution in [3.05, 3.63) is 0 Å². The Balaban J connectivity index is 3.66. The third-order valence-corrected chi connectivity index (χ3v) is 6.05. The number of carbonyl (C=O) groups excluding carboxylic acids is 3. The number of ether oxygens (including phenoxy) is 2. The summed E-state index contributed by atoms with van der Waals surface area (Å²) in [6.45, 7) is 4.59. The summed E-state index contributed by atoms with van der Waals surface area (Å²) in [5, 5.41) is 5.01. The summed E-state index contributed by atoms with van der Waals surface area (Å²) in [6, 6.07) is 0. The molecule has 0 bridgehead atoms. The minimum Gasteiger partial charge on any atom is -0.466 e. The fourth-order valence-corrected chi connectivity index (χ4v) is 3.86. The van der Waals surface area contributed by atoms with Crippen molar-refractivity contribution < 1.29 is 23.9 Å². The van der Waals surface area contributed by atoms with Gasteiger partial charge in [-0.25, -0.2) is 0 Å². The maximum atomic E-state index is 11.5. The zero-order chi connectivity index (χ0) is 16.8. The number of nitrogens with one attached hydrogen (secondary N) is 2. The highest BCUT2D eigenvalue weighted by molar-refractivity contribution is 8.64. The Labute approximate surface area is 140 Å². The van der Waals surface area contributed by atoms with Crippen molar-refractivity contribution in [2.75, 3.05) is 38.4 Å². The van der Waals surface area contributed by atoms with Crippen molar-refractivity contribution in [1.82, 2.24) is 10.6 Å². The maximum Gasteiger partial charge on any atom is 0.307 e. The van der Waals surface area contributed by atoms with Gasteiger partial charge in [-0.15, -0.1) is 0 Å². The van der Waals surface area contributed by atoms with E-state index in [4.69, 9.17) is 21.3 Å². The Morgan fingerprint density at radius 2 is 1.86 bits per heavy atom. The van der Waals surface area contributed by atoms with E-state index < -0.39 is 5.90 Å². The number of carbonyl (C=O) groups is 3. The Hall–Kier alpha value is -0.760. The Kier molecular flexibility index (Phi) is 13.4. The van der Waals surface area contributed by atoms with Gasteiger partial charge < -0.3 is 20.1 Å². The van der Waals surface area contributed by atoms with Crippen LogP contribution in [-0.4, -0.2) is 56.2 Å². The molecule has 1 unspecified atom stereocenters. The molecule has 0 fully saturated rings. The molecule has 0 saturated heterocycles. The van der Waals surface area contributed by atoms with Gasteiger partial charge in [0.15, 0.2) is 11.8 Å². The lowest BCUT2D eigenvalue weighted by Gasteiger charge is -2.06. The van der Waals surface area contributed by atoms with Crippen LogP contribution >= 0.6 is 17.3 Å². The van der Waals surface area contributed by atoms with Crippen molar-refractivity contribution in [1.29, 1.82) is 0 Å². The van der Waals surface area contributed by atoms with Crippen LogP contribution in [0.2, 0.25) is 0 Å². The summed E-state index contributed by atoms with van der Waals surface area (Å²) in [4.78, 5) is 34.0. The molecule has 1 atom stereocenters. The fraction of sp³-hybridized carbons (Fsp3) is 0.750. The van der Waals surface area contributed by atoms with E-state index in [1.54, 1.807) is 6.92 Å². The van der Waals surface area contributed by atoms with Crippen LogP contribution in [0.25, 0.3) is 0 Å². The van der Waals surface area contributed by atoms with E-state index in [0.717, 1.165) is 0 Å². The molecule has 10 heteroatoms. The zero-order valence-electron chi connectivity index (χ0n) is 12.8. The predicted molar refractivity (Wildman–Crippen MR) is 90.5 cm³/mol. The van der Waals surface area contributed by atoms with Gasteiger partial charge >= 0.3 is 5.97 Å². The van der Waals surface area contributed by atoms with Crippen molar-refractivity contribution in [3.8, 4) is 0 Å². The topological polar surface area (TPSA) is 93.7 Å². The number of esters is 1. The minimum atomic E-state index is -0.800. The smallest absolute Gasteiger partial charge is 0.307 e. The average Bonchev–Trinajstić information content (AvgIpc) is 2.49. The van der Waals surface area contributed by atoms with E-state index in [9.17, 15) is 14.4 Å². The lowest BCUT2D eigenvalue weighted by atomic mass is 10.4. The average molecular weight is 369 g/mol. The summed E-state index contributed by atoms with van der Waals surface area (Å²) < 4.78 is 9.90. The number of hydrogen-bond donors (Lipinski definition) is 2. The molecular formula is C12H22N2O5PS2+. The third kappa shape index (κ3) is 12.9. The van der Waals surface area contributed by atoms with E-state index in [1.165, 1.54) is 11.4 Å². The minimum absolute atomic E-state index is 0.112. The lowest BCUT2D eigenvalue weighted by Crippen LogP contribution is -2.38. The molecule has 0 aliphatic carbocycles. The molecule has 0 aliphatic heterocycles. The van der Waals surface area contributed by atoms with Gasteiger partial charge in [0.1, 0.15) is 17.1 Å². The van der Waals surface area contributed by atoms with E-state index in [2.05, 4.69) is 10.6 Å². The molecule has 0 spiro atoms. The quantitative estimate of drug-likeness (QED) is 0.387. The highest BCUT2D eigenvalue weighted by atomic mass is 32.9. The zero-order valence-corrected chi connectivity index (χ0v) is 15.3. The third-order valence-electron chi connectivity index (χ3n) is 2.14. The molecule has 0 heterocycles. The summed E-state index contributed by atoms with van der Waals surface area (Å²) in [6.07, 6.45) is 0.592. The van der Waals surface area contributed by atoms with E-state index >= 15 is 0 Å². The number of hydrogen-bond acceptors (Lipinski definition) is 7. The van der Waals surface area contributed by atoms with Gasteiger partial charge in [0.2, 0.25) is 18.2 Å². The van der Waals surface area contributed by atoms with Gasteiger partial charge in [0, 0.05) is 13.2 Å². The van der Waals surface area contributed by atoms with Gasteiger partial charge in [-0.2, -0.15) is 0 Å². The first kappa shape index (κ1) is 21.2. The Bertz CT molecular complexity index is 396. The molecule has 126 valence electrons. The van der Waals surface area contributed by atoms with Crippen LogP contribution in [-0.2, 0) is 35.7 Å². The molecule has 0 radical (unpaired) electrons. The monoisotopic (exact) mass is 369 g/mol. The van der Waals surface area contributed by atoms with Crippen LogP contribution in [0.1, 0.15) is 20.3 Å². The van der Waals surface area contributed by atoms with Gasteiger partial charge in [0.25, 0.3) is 5.90 Å². The molecule has 2 N–H and O–H groups in total. The second-order valence-electron chi connectivity index (χ2n) is 3.91. The molecule has 22 heavy (non-hydrogen) atoms. The van der Waals surface area contributed by atoms with Crippen LogP contribution in [0.3, 0.4) is 0 Å². The second-order valence-corrected chi connectivity index (χ2v) is 9.49. The van der Waals surface area contributed by atoms with E-state index in [-0.39, 0.29) is 43.0 Å². The van der Waals surface area contributed by atoms with Gasteiger partial charge in [-0.05, 0) is 13.8 Å². The molecule has 0 rings (SSSR count). The van der Waals surface area contributed by atoms with Crippen molar-refractivity contribution in [3.63, 3.8) is 0 Å². The highest BCUT2D eigenvalue weighted by Crippen LogP contribution is 2.37. The Morgan fingerprint density at radius 1 is 1.14 bits per heavy atom. The first-order valence-electron chi connectivity index (χ1n) is 6.83. The van der Waals surface area contributed by atoms with Crippen molar-refractivity contribution >= 4 is 46.9 Å². The molecule has 0 aliphatic rings. The van der Waals surface area contributed by atoms with Crippen LogP contribution < -0.4 is 10.6 Å². The molecule has 0 aromatic rings. The van der Waals surface area contributed by atoms with E-state index in [0.29, 0.717) is 19.6 Å². The molecule has 0 aromatic carbocycles. The van der Waals surface area contributed by atoms with E-state index in [1.807, 2.05) is 6.92 Å². The second kappa shape index (κ2) is 13.9. The summed E-state index contributed by atoms with van der Waals surface area (Å²) in [5.41, 5.74) is 0. The summed E-state index contributed by atoms with van der Waals surface area (Å²) >= 11 is 6.51. The predicted octanol–water partition coefficient (Wildman–Crippen LogP) is 0.758. The van der Waals surface area contributed by atoms with Crippen LogP contribution in [0.15, 0.2) is 0 Å². The fourth-order valence-electron chi connectivity index (χ4n) is 1.16. The summed E-state index contributed by atoms with van der Waals surface area (Å²) in [5.74, 6) is -1.56. The largest absolute Gasteiger partial charge is 0.466 e. The normalized spacial score (nSPS) is 10.7. The SMILES string of the molecule is CCOC[P+](=S)SCC(=O)NCC(=O)NCCC(=O)OCC. The molecular weight excluding hydrogens is 347 g/mol. The number of amides is 2. The maximum absolute atomic E-state index is 11.5. The first-order valence-corrected chi connectivity index (χ1v) is 11.0. The van der Waals surface area contributed by atoms with Crippen LogP contribution in [0.4, 0.5) is 0 Å².